The molecule has 2 N–H and O–H groups in total. The van der Waals surface area contributed by atoms with Crippen LogP contribution in [0.5, 0.6) is 0 Å². The average molecular weight is 325 g/mol. The minimum absolute atomic E-state index is 0.463. The van der Waals surface area contributed by atoms with Crippen molar-refractivity contribution in [3.63, 3.8) is 0 Å². The van der Waals surface area contributed by atoms with Crippen LogP contribution in [0.3, 0.4) is 0 Å². The maximum absolute atomic E-state index is 12.6. The molecule has 0 heterocycles. The Labute approximate surface area is 133 Å². The van der Waals surface area contributed by atoms with Gasteiger partial charge >= 0.3 is 6.18 Å². The first-order chi connectivity index (χ1) is 10.4. The molecule has 0 atom stereocenters. The van der Waals surface area contributed by atoms with E-state index >= 15 is 0 Å². The van der Waals surface area contributed by atoms with Crippen molar-refractivity contribution in [2.75, 3.05) is 6.54 Å². The minimum atomic E-state index is -4.31. The highest BCUT2D eigenvalue weighted by molar-refractivity contribution is 7.80. The monoisotopic (exact) mass is 325 g/mol. The van der Waals surface area contributed by atoms with Gasteiger partial charge in [-0.2, -0.15) is 13.2 Å². The third kappa shape index (κ3) is 5.18. The zero-order chi connectivity index (χ0) is 16.0. The molecule has 2 nitrogen and oxygen atoms in total. The molecule has 0 saturated heterocycles. The molecular weight excluding hydrogens is 309 g/mol. The van der Waals surface area contributed by atoms with Gasteiger partial charge < -0.3 is 10.6 Å². The van der Waals surface area contributed by atoms with Gasteiger partial charge in [0.1, 0.15) is 0 Å². The summed E-state index contributed by atoms with van der Waals surface area (Å²) in [6.45, 7) is 0.469. The highest BCUT2D eigenvalue weighted by Crippen LogP contribution is 2.29. The molecule has 0 amide bonds. The van der Waals surface area contributed by atoms with E-state index in [1.165, 1.54) is 12.1 Å². The summed E-state index contributed by atoms with van der Waals surface area (Å²) in [6.07, 6.45) is 4.88. The van der Waals surface area contributed by atoms with Crippen LogP contribution in [0.25, 0.3) is 0 Å². The fraction of sp³-hybridized carbons (Fsp3) is 0.250. The molecule has 1 aliphatic rings. The smallest absolute Gasteiger partial charge is 0.362 e. The number of allylic oxidation sites excluding steroid dienone is 3. The number of benzene rings is 1. The Morgan fingerprint density at radius 1 is 1.27 bits per heavy atom. The minimum Gasteiger partial charge on any atom is -0.362 e. The second-order valence-corrected chi connectivity index (χ2v) is 5.23. The summed E-state index contributed by atoms with van der Waals surface area (Å²) < 4.78 is 37.9. The highest BCUT2D eigenvalue weighted by atomic mass is 32.1. The van der Waals surface area contributed by atoms with E-state index in [9.17, 15) is 13.2 Å². The second kappa shape index (κ2) is 7.45. The van der Waals surface area contributed by atoms with Crippen molar-refractivity contribution in [1.29, 1.82) is 0 Å². The summed E-state index contributed by atoms with van der Waals surface area (Å²) in [7, 11) is 0. The van der Waals surface area contributed by atoms with Gasteiger partial charge in [-0.15, -0.1) is 0 Å². The Morgan fingerprint density at radius 3 is 2.77 bits per heavy atom. The molecule has 1 radical (unpaired) electrons. The normalized spacial score (nSPS) is 14.4. The molecule has 0 fully saturated rings. The zero-order valence-corrected chi connectivity index (χ0v) is 12.6. The van der Waals surface area contributed by atoms with E-state index in [4.69, 9.17) is 12.2 Å². The first kappa shape index (κ1) is 16.5. The van der Waals surface area contributed by atoms with Crippen LogP contribution in [0.15, 0.2) is 48.2 Å². The highest BCUT2D eigenvalue weighted by Gasteiger charge is 2.30. The van der Waals surface area contributed by atoms with Crippen LogP contribution in [0, 0.1) is 6.42 Å². The van der Waals surface area contributed by atoms with Gasteiger partial charge in [0.05, 0.1) is 5.56 Å². The fourth-order valence-corrected chi connectivity index (χ4v) is 2.22. The molecule has 0 unspecified atom stereocenters. The predicted molar refractivity (Wildman–Crippen MR) is 85.0 cm³/mol. The van der Waals surface area contributed by atoms with Crippen LogP contribution in [-0.2, 0) is 12.6 Å². The third-order valence-electron chi connectivity index (χ3n) is 3.10. The summed E-state index contributed by atoms with van der Waals surface area (Å²) in [5.74, 6) is 0. The molecule has 2 rings (SSSR count). The van der Waals surface area contributed by atoms with Crippen molar-refractivity contribution >= 4 is 17.3 Å². The molecule has 1 aromatic carbocycles. The Morgan fingerprint density at radius 2 is 2.09 bits per heavy atom. The van der Waals surface area contributed by atoms with Gasteiger partial charge in [-0.05, 0) is 49.2 Å². The molecule has 0 aliphatic heterocycles. The first-order valence-corrected chi connectivity index (χ1v) is 7.27. The maximum atomic E-state index is 12.6. The molecule has 117 valence electrons. The van der Waals surface area contributed by atoms with Crippen molar-refractivity contribution in [1.82, 2.24) is 10.6 Å². The van der Waals surface area contributed by atoms with Crippen LogP contribution in [0.2, 0.25) is 0 Å². The summed E-state index contributed by atoms with van der Waals surface area (Å²) in [5, 5.41) is 6.49. The Bertz CT molecular complexity index is 591. The Kier molecular flexibility index (Phi) is 5.60. The van der Waals surface area contributed by atoms with Gasteiger partial charge in [0.15, 0.2) is 5.11 Å². The van der Waals surface area contributed by atoms with Gasteiger partial charge in [0.25, 0.3) is 0 Å². The number of halogens is 3. The SMILES string of the molecule is FC(F)(F)c1cccc(CCNC(=S)NC2=CC[CH]C=C2)c1. The van der Waals surface area contributed by atoms with Crippen molar-refractivity contribution in [2.45, 2.75) is 19.0 Å². The molecule has 1 aromatic rings. The maximum Gasteiger partial charge on any atom is 0.416 e. The van der Waals surface area contributed by atoms with Gasteiger partial charge in [-0.1, -0.05) is 30.4 Å². The van der Waals surface area contributed by atoms with Gasteiger partial charge in [-0.25, -0.2) is 0 Å². The van der Waals surface area contributed by atoms with E-state index in [0.717, 1.165) is 18.2 Å². The summed E-state index contributed by atoms with van der Waals surface area (Å²) in [4.78, 5) is 0. The lowest BCUT2D eigenvalue weighted by molar-refractivity contribution is -0.137. The van der Waals surface area contributed by atoms with E-state index in [-0.39, 0.29) is 0 Å². The Hall–Kier alpha value is -1.82. The standard InChI is InChI=1S/C16H16F3N2S/c17-16(18,19)13-6-4-5-12(11-13)9-10-20-15(22)21-14-7-2-1-3-8-14/h1-2,4-8,11H,3,9-10H2,(H2,20,21,22). The predicted octanol–water partition coefficient (Wildman–Crippen LogP) is 3.76. The number of thiocarbonyl (C=S) groups is 1. The zero-order valence-electron chi connectivity index (χ0n) is 11.8. The number of alkyl halides is 3. The van der Waals surface area contributed by atoms with Crippen molar-refractivity contribution in [2.24, 2.45) is 0 Å². The second-order valence-electron chi connectivity index (χ2n) is 4.82. The molecule has 6 heteroatoms. The first-order valence-electron chi connectivity index (χ1n) is 6.86. The van der Waals surface area contributed by atoms with Crippen molar-refractivity contribution in [3.8, 4) is 0 Å². The molecule has 1 aliphatic carbocycles. The van der Waals surface area contributed by atoms with E-state index in [1.807, 2.05) is 24.6 Å². The lowest BCUT2D eigenvalue weighted by Crippen LogP contribution is -2.35. The fourth-order valence-electron chi connectivity index (χ4n) is 2.00. The molecule has 0 saturated carbocycles. The third-order valence-corrected chi connectivity index (χ3v) is 3.34. The van der Waals surface area contributed by atoms with Gasteiger partial charge in [0, 0.05) is 12.2 Å². The molecule has 0 bridgehead atoms. The lowest BCUT2D eigenvalue weighted by Gasteiger charge is -2.13. The number of rotatable bonds is 4. The van der Waals surface area contributed by atoms with Crippen LogP contribution >= 0.6 is 12.2 Å². The number of nitrogens with one attached hydrogen (secondary N) is 2. The molecule has 22 heavy (non-hydrogen) atoms. The van der Waals surface area contributed by atoms with E-state index in [2.05, 4.69) is 10.6 Å². The van der Waals surface area contributed by atoms with Crippen molar-refractivity contribution in [3.05, 3.63) is 65.7 Å². The van der Waals surface area contributed by atoms with E-state index in [0.29, 0.717) is 23.6 Å². The largest absolute Gasteiger partial charge is 0.416 e. The molecular formula is C16H16F3N2S. The molecule has 0 aromatic heterocycles. The van der Waals surface area contributed by atoms with E-state index < -0.39 is 11.7 Å². The van der Waals surface area contributed by atoms with Crippen LogP contribution < -0.4 is 10.6 Å². The summed E-state index contributed by atoms with van der Waals surface area (Å²) >= 11 is 5.15. The quantitative estimate of drug-likeness (QED) is 0.824. The van der Waals surface area contributed by atoms with Crippen LogP contribution in [-0.4, -0.2) is 11.7 Å². The van der Waals surface area contributed by atoms with Gasteiger partial charge in [0.2, 0.25) is 0 Å². The molecule has 0 spiro atoms. The number of hydrogen-bond acceptors (Lipinski definition) is 1. The Balaban J connectivity index is 1.80. The van der Waals surface area contributed by atoms with Gasteiger partial charge in [-0.3, -0.25) is 0 Å². The van der Waals surface area contributed by atoms with Crippen LogP contribution in [0.1, 0.15) is 17.5 Å². The topological polar surface area (TPSA) is 24.1 Å². The van der Waals surface area contributed by atoms with Crippen molar-refractivity contribution < 1.29 is 13.2 Å². The summed E-state index contributed by atoms with van der Waals surface area (Å²) in [6, 6.07) is 5.33. The van der Waals surface area contributed by atoms with E-state index in [1.54, 1.807) is 6.07 Å². The average Bonchev–Trinajstić information content (AvgIpc) is 2.48. The number of hydrogen-bond donors (Lipinski definition) is 2. The van der Waals surface area contributed by atoms with Crippen LogP contribution in [0.4, 0.5) is 13.2 Å². The lowest BCUT2D eigenvalue weighted by atomic mass is 10.1. The summed E-state index contributed by atoms with van der Waals surface area (Å²) in [5.41, 5.74) is 0.912.